The van der Waals surface area contributed by atoms with E-state index in [1.165, 1.54) is 0 Å². The van der Waals surface area contributed by atoms with Crippen LogP contribution in [0.25, 0.3) is 10.9 Å². The van der Waals surface area contributed by atoms with Gasteiger partial charge in [-0.05, 0) is 24.5 Å². The second kappa shape index (κ2) is 6.75. The van der Waals surface area contributed by atoms with Crippen LogP contribution >= 0.6 is 0 Å². The van der Waals surface area contributed by atoms with Crippen LogP contribution in [0.2, 0.25) is 0 Å². The molecule has 2 aromatic rings. The first-order valence-corrected chi connectivity index (χ1v) is 6.83. The van der Waals surface area contributed by atoms with Crippen molar-refractivity contribution < 1.29 is 9.59 Å². The van der Waals surface area contributed by atoms with Crippen LogP contribution in [-0.4, -0.2) is 29.9 Å². The van der Waals surface area contributed by atoms with Crippen molar-refractivity contribution in [3.05, 3.63) is 36.0 Å². The highest BCUT2D eigenvalue weighted by Gasteiger charge is 2.11. The zero-order valence-electron chi connectivity index (χ0n) is 11.5. The third-order valence-electron chi connectivity index (χ3n) is 3.10. The lowest BCUT2D eigenvalue weighted by Gasteiger charge is -2.05. The van der Waals surface area contributed by atoms with Crippen LogP contribution < -0.4 is 10.6 Å². The smallest absolute Gasteiger partial charge is 0.309 e. The average Bonchev–Trinajstić information content (AvgIpc) is 2.88. The molecule has 0 spiro atoms. The third kappa shape index (κ3) is 3.38. The van der Waals surface area contributed by atoms with Crippen LogP contribution in [0, 0.1) is 0 Å². The van der Waals surface area contributed by atoms with Gasteiger partial charge in [-0.25, -0.2) is 0 Å². The number of rotatable bonds is 5. The molecule has 106 valence electrons. The Morgan fingerprint density at radius 3 is 2.55 bits per heavy atom. The number of hydrogen-bond acceptors (Lipinski definition) is 2. The molecule has 0 aliphatic rings. The topological polar surface area (TPSA) is 74.0 Å². The van der Waals surface area contributed by atoms with E-state index in [-0.39, 0.29) is 0 Å². The Morgan fingerprint density at radius 1 is 1.10 bits per heavy atom. The highest BCUT2D eigenvalue weighted by Crippen LogP contribution is 2.17. The third-order valence-corrected chi connectivity index (χ3v) is 3.10. The molecule has 3 N–H and O–H groups in total. The van der Waals surface area contributed by atoms with Crippen LogP contribution in [0.5, 0.6) is 0 Å². The van der Waals surface area contributed by atoms with E-state index in [4.69, 9.17) is 0 Å². The van der Waals surface area contributed by atoms with Gasteiger partial charge in [-0.2, -0.15) is 0 Å². The molecule has 1 aromatic carbocycles. The highest BCUT2D eigenvalue weighted by atomic mass is 16.2. The molecule has 1 heterocycles. The Balaban J connectivity index is 1.84. The molecule has 2 amide bonds. The van der Waals surface area contributed by atoms with E-state index < -0.39 is 11.8 Å². The normalized spacial score (nSPS) is 10.4. The summed E-state index contributed by atoms with van der Waals surface area (Å²) in [6, 6.07) is 8.01. The molecular weight excluding hydrogens is 254 g/mol. The molecule has 2 rings (SSSR count). The Hall–Kier alpha value is -2.30. The second-order valence-electron chi connectivity index (χ2n) is 4.62. The number of benzene rings is 1. The van der Waals surface area contributed by atoms with Crippen molar-refractivity contribution in [2.45, 2.75) is 19.8 Å². The van der Waals surface area contributed by atoms with E-state index in [1.54, 1.807) is 0 Å². The molecule has 0 fully saturated rings. The van der Waals surface area contributed by atoms with Gasteiger partial charge in [0.2, 0.25) is 0 Å². The van der Waals surface area contributed by atoms with Crippen LogP contribution in [-0.2, 0) is 16.0 Å². The van der Waals surface area contributed by atoms with Crippen molar-refractivity contribution in [2.75, 3.05) is 13.1 Å². The summed E-state index contributed by atoms with van der Waals surface area (Å²) in [5, 5.41) is 6.33. The largest absolute Gasteiger partial charge is 0.361 e. The molecule has 0 aliphatic carbocycles. The van der Waals surface area contributed by atoms with Crippen molar-refractivity contribution >= 4 is 22.7 Å². The van der Waals surface area contributed by atoms with Crippen LogP contribution in [0.3, 0.4) is 0 Å². The van der Waals surface area contributed by atoms with E-state index in [1.807, 2.05) is 37.4 Å². The van der Waals surface area contributed by atoms with Crippen LogP contribution in [0.1, 0.15) is 18.9 Å². The maximum absolute atomic E-state index is 11.5. The lowest BCUT2D eigenvalue weighted by molar-refractivity contribution is -0.139. The van der Waals surface area contributed by atoms with Gasteiger partial charge in [-0.15, -0.1) is 0 Å². The van der Waals surface area contributed by atoms with Gasteiger partial charge in [-0.3, -0.25) is 9.59 Å². The fraction of sp³-hybridized carbons (Fsp3) is 0.333. The number of aromatic nitrogens is 1. The van der Waals surface area contributed by atoms with Crippen molar-refractivity contribution in [1.29, 1.82) is 0 Å². The SMILES string of the molecule is CCCNC(=O)C(=O)NCCc1c[nH]c2ccccc12. The number of hydrogen-bond donors (Lipinski definition) is 3. The van der Waals surface area contributed by atoms with E-state index >= 15 is 0 Å². The molecule has 0 bridgehead atoms. The molecule has 5 heteroatoms. The molecule has 0 radical (unpaired) electrons. The minimum absolute atomic E-state index is 0.445. The summed E-state index contributed by atoms with van der Waals surface area (Å²) < 4.78 is 0. The Morgan fingerprint density at radius 2 is 1.80 bits per heavy atom. The van der Waals surface area contributed by atoms with Crippen molar-refractivity contribution in [2.24, 2.45) is 0 Å². The van der Waals surface area contributed by atoms with Gasteiger partial charge in [0.15, 0.2) is 0 Å². The Labute approximate surface area is 117 Å². The first-order valence-electron chi connectivity index (χ1n) is 6.83. The zero-order chi connectivity index (χ0) is 14.4. The number of H-pyrrole nitrogens is 1. The van der Waals surface area contributed by atoms with Crippen molar-refractivity contribution in [1.82, 2.24) is 15.6 Å². The summed E-state index contributed by atoms with van der Waals surface area (Å²) in [6.07, 6.45) is 3.44. The van der Waals surface area contributed by atoms with Gasteiger partial charge >= 0.3 is 11.8 Å². The quantitative estimate of drug-likeness (QED) is 0.719. The molecule has 0 aliphatic heterocycles. The fourth-order valence-corrected chi connectivity index (χ4v) is 2.05. The second-order valence-corrected chi connectivity index (χ2v) is 4.62. The first-order chi connectivity index (χ1) is 9.72. The van der Waals surface area contributed by atoms with Gasteiger partial charge in [0.25, 0.3) is 0 Å². The standard InChI is InChI=1S/C15H19N3O2/c1-2-8-16-14(19)15(20)17-9-7-11-10-18-13-6-4-3-5-12(11)13/h3-6,10,18H,2,7-9H2,1H3,(H,16,19)(H,17,20). The number of carbonyl (C=O) groups excluding carboxylic acids is 2. The highest BCUT2D eigenvalue weighted by molar-refractivity contribution is 6.35. The molecule has 20 heavy (non-hydrogen) atoms. The van der Waals surface area contributed by atoms with Gasteiger partial charge in [-0.1, -0.05) is 25.1 Å². The maximum atomic E-state index is 11.5. The van der Waals surface area contributed by atoms with Gasteiger partial charge in [0, 0.05) is 30.2 Å². The van der Waals surface area contributed by atoms with E-state index in [9.17, 15) is 9.59 Å². The lowest BCUT2D eigenvalue weighted by Crippen LogP contribution is -2.40. The monoisotopic (exact) mass is 273 g/mol. The molecule has 0 atom stereocenters. The van der Waals surface area contributed by atoms with Gasteiger partial charge < -0.3 is 15.6 Å². The fourth-order valence-electron chi connectivity index (χ4n) is 2.05. The summed E-state index contributed by atoms with van der Waals surface area (Å²) in [4.78, 5) is 26.1. The summed E-state index contributed by atoms with van der Waals surface area (Å²) in [6.45, 7) is 2.91. The molecular formula is C15H19N3O2. The molecule has 1 aromatic heterocycles. The minimum atomic E-state index is -0.571. The molecule has 5 nitrogen and oxygen atoms in total. The molecule has 0 saturated carbocycles. The summed E-state index contributed by atoms with van der Waals surface area (Å²) in [7, 11) is 0. The summed E-state index contributed by atoms with van der Waals surface area (Å²) in [5.74, 6) is -1.14. The predicted molar refractivity (Wildman–Crippen MR) is 78.3 cm³/mol. The molecule has 0 saturated heterocycles. The minimum Gasteiger partial charge on any atom is -0.361 e. The first kappa shape index (κ1) is 14.1. The Kier molecular flexibility index (Phi) is 4.76. The maximum Gasteiger partial charge on any atom is 0.309 e. The number of aromatic amines is 1. The number of nitrogens with one attached hydrogen (secondary N) is 3. The number of para-hydroxylation sites is 1. The number of amides is 2. The summed E-state index contributed by atoms with van der Waals surface area (Å²) >= 11 is 0. The predicted octanol–water partition coefficient (Wildman–Crippen LogP) is 1.35. The van der Waals surface area contributed by atoms with E-state index in [2.05, 4.69) is 15.6 Å². The lowest BCUT2D eigenvalue weighted by atomic mass is 10.1. The average molecular weight is 273 g/mol. The molecule has 0 unspecified atom stereocenters. The zero-order valence-corrected chi connectivity index (χ0v) is 11.5. The summed E-state index contributed by atoms with van der Waals surface area (Å²) in [5.41, 5.74) is 2.21. The number of carbonyl (C=O) groups is 2. The van der Waals surface area contributed by atoms with Crippen molar-refractivity contribution in [3.63, 3.8) is 0 Å². The van der Waals surface area contributed by atoms with Gasteiger partial charge in [0.1, 0.15) is 0 Å². The van der Waals surface area contributed by atoms with E-state index in [0.29, 0.717) is 19.5 Å². The van der Waals surface area contributed by atoms with Crippen LogP contribution in [0.15, 0.2) is 30.5 Å². The van der Waals surface area contributed by atoms with Crippen LogP contribution in [0.4, 0.5) is 0 Å². The Bertz CT molecular complexity index is 604. The van der Waals surface area contributed by atoms with Gasteiger partial charge in [0.05, 0.1) is 0 Å². The number of fused-ring (bicyclic) bond motifs is 1. The van der Waals surface area contributed by atoms with E-state index in [0.717, 1.165) is 22.9 Å². The van der Waals surface area contributed by atoms with Crippen molar-refractivity contribution in [3.8, 4) is 0 Å².